The van der Waals surface area contributed by atoms with Crippen molar-refractivity contribution in [2.24, 2.45) is 0 Å². The van der Waals surface area contributed by atoms with Crippen LogP contribution in [0, 0.1) is 6.92 Å². The number of nitrogens with one attached hydrogen (secondary N) is 1. The van der Waals surface area contributed by atoms with Gasteiger partial charge in [-0.25, -0.2) is 9.59 Å². The second kappa shape index (κ2) is 6.31. The van der Waals surface area contributed by atoms with Crippen molar-refractivity contribution in [3.63, 3.8) is 0 Å². The lowest BCUT2D eigenvalue weighted by molar-refractivity contribution is 0.0474. The summed E-state index contributed by atoms with van der Waals surface area (Å²) in [6.07, 6.45) is 1.67. The van der Waals surface area contributed by atoms with Gasteiger partial charge in [-0.1, -0.05) is 17.7 Å². The highest BCUT2D eigenvalue weighted by Crippen LogP contribution is 2.25. The van der Waals surface area contributed by atoms with Gasteiger partial charge in [-0.05, 0) is 36.8 Å². The zero-order chi connectivity index (χ0) is 18.3. The average molecular weight is 369 g/mol. The minimum atomic E-state index is -0.510. The van der Waals surface area contributed by atoms with Crippen molar-refractivity contribution < 1.29 is 13.9 Å². The molecular weight excluding hydrogens is 356 g/mol. The lowest BCUT2D eigenvalue weighted by Crippen LogP contribution is -2.08. The molecule has 2 heterocycles. The highest BCUT2D eigenvalue weighted by Gasteiger charge is 2.13. The summed E-state index contributed by atoms with van der Waals surface area (Å²) in [5.41, 5.74) is 2.36. The van der Waals surface area contributed by atoms with Gasteiger partial charge in [-0.3, -0.25) is 5.10 Å². The van der Waals surface area contributed by atoms with Crippen LogP contribution >= 0.6 is 11.6 Å². The number of fused-ring (bicyclic) bond motifs is 2. The van der Waals surface area contributed by atoms with Crippen molar-refractivity contribution in [3.8, 4) is 0 Å². The Kier molecular flexibility index (Phi) is 3.97. The van der Waals surface area contributed by atoms with Gasteiger partial charge in [-0.2, -0.15) is 5.10 Å². The van der Waals surface area contributed by atoms with Crippen molar-refractivity contribution in [1.29, 1.82) is 0 Å². The number of halogens is 1. The van der Waals surface area contributed by atoms with E-state index >= 15 is 0 Å². The van der Waals surface area contributed by atoms with E-state index in [9.17, 15) is 9.59 Å². The lowest BCUT2D eigenvalue weighted by Gasteiger charge is -2.09. The van der Waals surface area contributed by atoms with Crippen LogP contribution in [0.5, 0.6) is 0 Å². The molecule has 6 nitrogen and oxygen atoms in total. The van der Waals surface area contributed by atoms with Crippen LogP contribution in [0.1, 0.15) is 21.5 Å². The van der Waals surface area contributed by atoms with E-state index in [2.05, 4.69) is 10.2 Å². The van der Waals surface area contributed by atoms with E-state index in [1.54, 1.807) is 36.5 Å². The summed E-state index contributed by atoms with van der Waals surface area (Å²) in [4.78, 5) is 24.1. The molecule has 0 unspecified atom stereocenters. The Morgan fingerprint density at radius 2 is 2.12 bits per heavy atom. The first kappa shape index (κ1) is 16.4. The maximum Gasteiger partial charge on any atom is 0.338 e. The third-order valence-corrected chi connectivity index (χ3v) is 4.55. The van der Waals surface area contributed by atoms with Gasteiger partial charge in [0.1, 0.15) is 12.2 Å². The summed E-state index contributed by atoms with van der Waals surface area (Å²) in [7, 11) is 0. The van der Waals surface area contributed by atoms with Crippen LogP contribution in [0.25, 0.3) is 21.9 Å². The Balaban J connectivity index is 1.63. The van der Waals surface area contributed by atoms with Crippen molar-refractivity contribution in [3.05, 3.63) is 74.7 Å². The van der Waals surface area contributed by atoms with Gasteiger partial charge in [0, 0.05) is 27.4 Å². The Morgan fingerprint density at radius 3 is 2.96 bits per heavy atom. The molecule has 2 aromatic carbocycles. The zero-order valence-electron chi connectivity index (χ0n) is 13.7. The van der Waals surface area contributed by atoms with Crippen LogP contribution < -0.4 is 5.63 Å². The first-order valence-electron chi connectivity index (χ1n) is 7.84. The Morgan fingerprint density at radius 1 is 1.27 bits per heavy atom. The maximum atomic E-state index is 12.3. The number of carbonyl (C=O) groups is 1. The fourth-order valence-electron chi connectivity index (χ4n) is 2.76. The molecule has 0 amide bonds. The van der Waals surface area contributed by atoms with E-state index in [1.165, 1.54) is 6.07 Å². The molecule has 2 aromatic heterocycles. The molecule has 0 saturated heterocycles. The molecule has 1 N–H and O–H groups in total. The van der Waals surface area contributed by atoms with Gasteiger partial charge in [0.05, 0.1) is 17.3 Å². The number of hydrogen-bond donors (Lipinski definition) is 1. The lowest BCUT2D eigenvalue weighted by atomic mass is 10.1. The zero-order valence-corrected chi connectivity index (χ0v) is 14.5. The summed E-state index contributed by atoms with van der Waals surface area (Å²) in [5.74, 6) is -0.499. The van der Waals surface area contributed by atoms with E-state index in [1.807, 2.05) is 6.92 Å². The van der Waals surface area contributed by atoms with Crippen LogP contribution in [0.3, 0.4) is 0 Å². The molecule has 0 radical (unpaired) electrons. The van der Waals surface area contributed by atoms with E-state index < -0.39 is 11.6 Å². The first-order valence-corrected chi connectivity index (χ1v) is 8.22. The molecular formula is C19H13ClN2O4. The molecule has 130 valence electrons. The number of esters is 1. The van der Waals surface area contributed by atoms with Crippen LogP contribution in [-0.4, -0.2) is 16.2 Å². The number of carbonyl (C=O) groups excluding carboxylic acids is 1. The molecule has 0 atom stereocenters. The first-order chi connectivity index (χ1) is 12.5. The van der Waals surface area contributed by atoms with Gasteiger partial charge in [0.2, 0.25) is 0 Å². The molecule has 0 bridgehead atoms. The number of rotatable bonds is 3. The largest absolute Gasteiger partial charge is 0.457 e. The van der Waals surface area contributed by atoms with Crippen molar-refractivity contribution in [1.82, 2.24) is 10.2 Å². The highest BCUT2D eigenvalue weighted by molar-refractivity contribution is 6.32. The molecule has 0 spiro atoms. The Hall–Kier alpha value is -3.12. The van der Waals surface area contributed by atoms with Crippen LogP contribution in [0.15, 0.2) is 51.8 Å². The Labute approximate surface area is 152 Å². The standard InChI is InChI=1S/C19H13ClN2O4/c1-10-4-17-14(7-15(10)20)13(6-18(23)26-17)9-25-19(24)11-2-3-12-8-21-22-16(12)5-11/h2-8H,9H2,1H3,(H,21,22). The van der Waals surface area contributed by atoms with Gasteiger partial charge in [-0.15, -0.1) is 0 Å². The Bertz CT molecular complexity index is 1210. The van der Waals surface area contributed by atoms with Gasteiger partial charge >= 0.3 is 11.6 Å². The molecule has 0 fully saturated rings. The molecule has 0 saturated carbocycles. The van der Waals surface area contributed by atoms with Gasteiger partial charge in [0.15, 0.2) is 0 Å². The normalized spacial score (nSPS) is 11.2. The van der Waals surface area contributed by atoms with Crippen LogP contribution in [0.2, 0.25) is 5.02 Å². The minimum absolute atomic E-state index is 0.0681. The highest BCUT2D eigenvalue weighted by atomic mass is 35.5. The number of hydrogen-bond acceptors (Lipinski definition) is 5. The van der Waals surface area contributed by atoms with Gasteiger partial charge in [0.25, 0.3) is 0 Å². The molecule has 26 heavy (non-hydrogen) atoms. The molecule has 0 aliphatic heterocycles. The number of aryl methyl sites for hydroxylation is 1. The number of aromatic nitrogens is 2. The fourth-order valence-corrected chi connectivity index (χ4v) is 2.92. The minimum Gasteiger partial charge on any atom is -0.457 e. The number of benzene rings is 2. The topological polar surface area (TPSA) is 85.2 Å². The van der Waals surface area contributed by atoms with Gasteiger partial charge < -0.3 is 9.15 Å². The van der Waals surface area contributed by atoms with Crippen molar-refractivity contribution in [2.75, 3.05) is 0 Å². The SMILES string of the molecule is Cc1cc2oc(=O)cc(COC(=O)c3ccc4cn[nH]c4c3)c2cc1Cl. The van der Waals surface area contributed by atoms with E-state index in [0.29, 0.717) is 27.1 Å². The van der Waals surface area contributed by atoms with E-state index in [-0.39, 0.29) is 6.61 Å². The quantitative estimate of drug-likeness (QED) is 0.436. The fraction of sp³-hybridized carbons (Fsp3) is 0.105. The number of aromatic amines is 1. The summed E-state index contributed by atoms with van der Waals surface area (Å²) in [6, 6.07) is 9.82. The number of nitrogens with zero attached hydrogens (tertiary/aromatic N) is 1. The third kappa shape index (κ3) is 2.95. The second-order valence-corrected chi connectivity index (χ2v) is 6.34. The van der Waals surface area contributed by atoms with Crippen molar-refractivity contribution >= 4 is 39.4 Å². The summed E-state index contributed by atoms with van der Waals surface area (Å²) in [5, 5.41) is 8.81. The van der Waals surface area contributed by atoms with Crippen LogP contribution in [-0.2, 0) is 11.3 Å². The monoisotopic (exact) mass is 368 g/mol. The molecule has 0 aliphatic carbocycles. The number of H-pyrrole nitrogens is 1. The van der Waals surface area contributed by atoms with E-state index in [4.69, 9.17) is 20.8 Å². The molecule has 4 rings (SSSR count). The summed E-state index contributed by atoms with van der Waals surface area (Å²) >= 11 is 6.17. The molecule has 0 aliphatic rings. The van der Waals surface area contributed by atoms with Crippen LogP contribution in [0.4, 0.5) is 0 Å². The second-order valence-electron chi connectivity index (χ2n) is 5.94. The predicted octanol–water partition coefficient (Wildman–Crippen LogP) is 3.99. The third-order valence-electron chi connectivity index (χ3n) is 4.15. The average Bonchev–Trinajstić information content (AvgIpc) is 3.08. The summed E-state index contributed by atoms with van der Waals surface area (Å²) in [6.45, 7) is 1.75. The predicted molar refractivity (Wildman–Crippen MR) is 97.4 cm³/mol. The summed E-state index contributed by atoms with van der Waals surface area (Å²) < 4.78 is 10.6. The smallest absolute Gasteiger partial charge is 0.338 e. The maximum absolute atomic E-state index is 12.3. The van der Waals surface area contributed by atoms with E-state index in [0.717, 1.165) is 16.5 Å². The number of ether oxygens (including phenoxy) is 1. The molecule has 7 heteroatoms. The van der Waals surface area contributed by atoms with Crippen molar-refractivity contribution in [2.45, 2.75) is 13.5 Å². The molecule has 4 aromatic rings.